The van der Waals surface area contributed by atoms with Crippen molar-refractivity contribution in [1.82, 2.24) is 4.98 Å². The van der Waals surface area contributed by atoms with Crippen LogP contribution in [-0.4, -0.2) is 17.3 Å². The second-order valence-electron chi connectivity index (χ2n) is 5.48. The molecular formula is C18H19ClN2S. The maximum Gasteiger partial charge on any atom is 0.115 e. The minimum Gasteiger partial charge on any atom is -0.344 e. The second kappa shape index (κ2) is 6.76. The fourth-order valence-electron chi connectivity index (χ4n) is 2.87. The van der Waals surface area contributed by atoms with Gasteiger partial charge in [-0.25, -0.2) is 4.98 Å². The topological polar surface area (TPSA) is 16.1 Å². The summed E-state index contributed by atoms with van der Waals surface area (Å²) < 4.78 is 0. The van der Waals surface area contributed by atoms with Crippen molar-refractivity contribution in [1.29, 1.82) is 0 Å². The van der Waals surface area contributed by atoms with E-state index in [-0.39, 0.29) is 0 Å². The van der Waals surface area contributed by atoms with Crippen molar-refractivity contribution in [3.63, 3.8) is 0 Å². The molecule has 1 aliphatic rings. The van der Waals surface area contributed by atoms with Crippen LogP contribution in [0, 0.1) is 6.92 Å². The highest BCUT2D eigenvalue weighted by molar-refractivity contribution is 7.99. The van der Waals surface area contributed by atoms with Gasteiger partial charge in [-0.05, 0) is 43.0 Å². The molecule has 0 N–H and O–H groups in total. The monoisotopic (exact) mass is 330 g/mol. The third-order valence-corrected chi connectivity index (χ3v) is 5.39. The average Bonchev–Trinajstić information content (AvgIpc) is 2.53. The Kier molecular flexibility index (Phi) is 4.74. The van der Waals surface area contributed by atoms with Crippen LogP contribution in [0.2, 0.25) is 5.02 Å². The number of benzene rings is 1. The van der Waals surface area contributed by atoms with Crippen molar-refractivity contribution >= 4 is 29.1 Å². The highest BCUT2D eigenvalue weighted by Gasteiger charge is 2.20. The van der Waals surface area contributed by atoms with Crippen LogP contribution in [0.1, 0.15) is 17.5 Å². The van der Waals surface area contributed by atoms with Crippen molar-refractivity contribution in [3.05, 3.63) is 65.0 Å². The molecule has 2 aromatic rings. The fraction of sp³-hybridized carbons (Fsp3) is 0.278. The van der Waals surface area contributed by atoms with Crippen LogP contribution >= 0.6 is 23.4 Å². The van der Waals surface area contributed by atoms with Gasteiger partial charge in [-0.1, -0.05) is 48.1 Å². The summed E-state index contributed by atoms with van der Waals surface area (Å²) in [6.07, 6.45) is 4.10. The molecule has 3 rings (SSSR count). The maximum atomic E-state index is 6.17. The van der Waals surface area contributed by atoms with E-state index in [0.29, 0.717) is 5.02 Å². The van der Waals surface area contributed by atoms with Crippen molar-refractivity contribution in [2.45, 2.75) is 24.8 Å². The van der Waals surface area contributed by atoms with E-state index in [2.05, 4.69) is 41.6 Å². The molecule has 0 radical (unpaired) electrons. The molecule has 0 unspecified atom stereocenters. The molecule has 0 atom stereocenters. The van der Waals surface area contributed by atoms with Gasteiger partial charge in [0.25, 0.3) is 0 Å². The molecule has 22 heavy (non-hydrogen) atoms. The first-order valence-corrected chi connectivity index (χ1v) is 8.80. The molecule has 4 heteroatoms. The lowest BCUT2D eigenvalue weighted by atomic mass is 9.98. The lowest BCUT2D eigenvalue weighted by molar-refractivity contribution is 0.743. The molecule has 0 saturated carbocycles. The third kappa shape index (κ3) is 3.16. The summed E-state index contributed by atoms with van der Waals surface area (Å²) in [4.78, 5) is 6.69. The number of anilines is 1. The van der Waals surface area contributed by atoms with Crippen LogP contribution in [-0.2, 0) is 6.42 Å². The Labute approximate surface area is 141 Å². The van der Waals surface area contributed by atoms with Crippen LogP contribution in [0.15, 0.2) is 53.8 Å². The van der Waals surface area contributed by atoms with Gasteiger partial charge in [-0.2, -0.15) is 0 Å². The molecule has 1 aromatic carbocycles. The summed E-state index contributed by atoms with van der Waals surface area (Å²) in [5.41, 5.74) is 5.20. The minimum absolute atomic E-state index is 0.704. The van der Waals surface area contributed by atoms with Crippen molar-refractivity contribution < 1.29 is 0 Å². The molecule has 1 aliphatic heterocycles. The standard InChI is InChI=1S/C18H19ClN2S/c1-13-6-3-7-15-8-5-11-21(17(13)15)14(2)12-22-18-16(19)9-4-10-20-18/h3-4,6-7,9-10H,2,5,8,11-12H2,1H3. The van der Waals surface area contributed by atoms with Crippen LogP contribution in [0.5, 0.6) is 0 Å². The predicted octanol–water partition coefficient (Wildman–Crippen LogP) is 5.10. The molecule has 0 saturated heterocycles. The first-order valence-electron chi connectivity index (χ1n) is 7.44. The van der Waals surface area contributed by atoms with Crippen molar-refractivity contribution in [2.75, 3.05) is 17.2 Å². The molecule has 2 heterocycles. The summed E-state index contributed by atoms with van der Waals surface area (Å²) in [6.45, 7) is 7.51. The minimum atomic E-state index is 0.704. The van der Waals surface area contributed by atoms with Crippen LogP contribution < -0.4 is 4.90 Å². The zero-order valence-electron chi connectivity index (χ0n) is 12.7. The Bertz CT molecular complexity index is 699. The van der Waals surface area contributed by atoms with Gasteiger partial charge < -0.3 is 4.90 Å². The maximum absolute atomic E-state index is 6.17. The van der Waals surface area contributed by atoms with Crippen LogP contribution in [0.3, 0.4) is 0 Å². The zero-order valence-corrected chi connectivity index (χ0v) is 14.3. The van der Waals surface area contributed by atoms with Gasteiger partial charge in [0.2, 0.25) is 0 Å². The molecule has 1 aromatic heterocycles. The molecule has 0 fully saturated rings. The molecular weight excluding hydrogens is 312 g/mol. The second-order valence-corrected chi connectivity index (χ2v) is 6.85. The number of aromatic nitrogens is 1. The van der Waals surface area contributed by atoms with E-state index >= 15 is 0 Å². The summed E-state index contributed by atoms with van der Waals surface area (Å²) in [5, 5.41) is 1.57. The van der Waals surface area contributed by atoms with Gasteiger partial charge in [0, 0.05) is 29.9 Å². The number of para-hydroxylation sites is 1. The number of halogens is 1. The summed E-state index contributed by atoms with van der Waals surface area (Å²) in [5.74, 6) is 0.796. The SMILES string of the molecule is C=C(CSc1ncccc1Cl)N1CCCc2cccc(C)c21. The van der Waals surface area contributed by atoms with E-state index in [4.69, 9.17) is 11.6 Å². The first-order chi connectivity index (χ1) is 10.7. The van der Waals surface area contributed by atoms with Gasteiger partial charge >= 0.3 is 0 Å². The van der Waals surface area contributed by atoms with E-state index in [1.54, 1.807) is 18.0 Å². The molecule has 2 nitrogen and oxygen atoms in total. The molecule has 0 spiro atoms. The van der Waals surface area contributed by atoms with Crippen LogP contribution in [0.25, 0.3) is 0 Å². The summed E-state index contributed by atoms with van der Waals surface area (Å²) in [7, 11) is 0. The predicted molar refractivity (Wildman–Crippen MR) is 96.0 cm³/mol. The average molecular weight is 331 g/mol. The number of aryl methyl sites for hydroxylation is 2. The van der Waals surface area contributed by atoms with Gasteiger partial charge in [-0.15, -0.1) is 0 Å². The van der Waals surface area contributed by atoms with Crippen LogP contribution in [0.4, 0.5) is 5.69 Å². The quantitative estimate of drug-likeness (QED) is 0.725. The smallest absolute Gasteiger partial charge is 0.115 e. The Hall–Kier alpha value is -1.45. The molecule has 114 valence electrons. The van der Waals surface area contributed by atoms with E-state index in [9.17, 15) is 0 Å². The number of hydrogen-bond acceptors (Lipinski definition) is 3. The van der Waals surface area contributed by atoms with E-state index < -0.39 is 0 Å². The molecule has 0 bridgehead atoms. The van der Waals surface area contributed by atoms with E-state index in [1.165, 1.54) is 23.2 Å². The molecule has 0 amide bonds. The third-order valence-electron chi connectivity index (χ3n) is 3.90. The van der Waals surface area contributed by atoms with Gasteiger partial charge in [0.05, 0.1) is 5.02 Å². The van der Waals surface area contributed by atoms with E-state index in [0.717, 1.165) is 29.4 Å². The number of rotatable bonds is 4. The fourth-order valence-corrected chi connectivity index (χ4v) is 3.96. The van der Waals surface area contributed by atoms with Gasteiger partial charge in [-0.3, -0.25) is 0 Å². The Morgan fingerprint density at radius 2 is 2.23 bits per heavy atom. The number of hydrogen-bond donors (Lipinski definition) is 0. The number of thioether (sulfide) groups is 1. The normalized spacial score (nSPS) is 13.8. The highest BCUT2D eigenvalue weighted by Crippen LogP contribution is 2.34. The van der Waals surface area contributed by atoms with E-state index in [1.807, 2.05) is 12.1 Å². The summed E-state index contributed by atoms with van der Waals surface area (Å²) in [6, 6.07) is 10.3. The first kappa shape index (κ1) is 15.4. The Balaban J connectivity index is 1.76. The molecule has 0 aliphatic carbocycles. The largest absolute Gasteiger partial charge is 0.344 e. The van der Waals surface area contributed by atoms with Gasteiger partial charge in [0.1, 0.15) is 5.03 Å². The summed E-state index contributed by atoms with van der Waals surface area (Å²) >= 11 is 7.82. The number of nitrogens with zero attached hydrogens (tertiary/aromatic N) is 2. The lowest BCUT2D eigenvalue weighted by Gasteiger charge is -2.34. The lowest BCUT2D eigenvalue weighted by Crippen LogP contribution is -2.30. The zero-order chi connectivity index (χ0) is 15.5. The van der Waals surface area contributed by atoms with Gasteiger partial charge in [0.15, 0.2) is 0 Å². The van der Waals surface area contributed by atoms with Crippen molar-refractivity contribution in [2.24, 2.45) is 0 Å². The Morgan fingerprint density at radius 1 is 1.36 bits per heavy atom. The Morgan fingerprint density at radius 3 is 3.05 bits per heavy atom. The number of pyridine rings is 1. The van der Waals surface area contributed by atoms with Crippen molar-refractivity contribution in [3.8, 4) is 0 Å². The number of fused-ring (bicyclic) bond motifs is 1. The highest BCUT2D eigenvalue weighted by atomic mass is 35.5.